The Kier molecular flexibility index (Phi) is 5.25. The van der Waals surface area contributed by atoms with E-state index in [0.717, 1.165) is 13.1 Å². The van der Waals surface area contributed by atoms with Crippen LogP contribution in [-0.2, 0) is 0 Å². The van der Waals surface area contributed by atoms with Crippen LogP contribution in [0, 0.1) is 0 Å². The molecule has 0 unspecified atom stereocenters. The first-order chi connectivity index (χ1) is 9.86. The van der Waals surface area contributed by atoms with Gasteiger partial charge in [0.1, 0.15) is 0 Å². The second-order valence-electron chi connectivity index (χ2n) is 6.00. The van der Waals surface area contributed by atoms with Gasteiger partial charge in [-0.1, -0.05) is 6.92 Å². The minimum atomic E-state index is 1.14. The highest BCUT2D eigenvalue weighted by molar-refractivity contribution is 4.76. The normalized spacial score (nSPS) is 29.9. The monoisotopic (exact) mass is 282 g/mol. The molecule has 0 spiro atoms. The van der Waals surface area contributed by atoms with Crippen molar-refractivity contribution in [1.29, 1.82) is 0 Å². The molecule has 6 heteroatoms. The molecule has 0 radical (unpaired) electrons. The smallest absolute Gasteiger partial charge is 0.0275 e. The third kappa shape index (κ3) is 3.50. The summed E-state index contributed by atoms with van der Waals surface area (Å²) in [7, 11) is 0. The van der Waals surface area contributed by atoms with E-state index < -0.39 is 0 Å². The van der Waals surface area contributed by atoms with Crippen LogP contribution in [0.4, 0.5) is 0 Å². The number of hydrogen-bond acceptors (Lipinski definition) is 6. The van der Waals surface area contributed by atoms with Crippen molar-refractivity contribution in [2.24, 2.45) is 0 Å². The van der Waals surface area contributed by atoms with Crippen molar-refractivity contribution in [3.63, 3.8) is 0 Å². The van der Waals surface area contributed by atoms with E-state index in [1.54, 1.807) is 0 Å². The Morgan fingerprint density at radius 3 is 1.45 bits per heavy atom. The molecule has 3 aliphatic heterocycles. The first-order valence-corrected chi connectivity index (χ1v) is 8.29. The molecule has 20 heavy (non-hydrogen) atoms. The first kappa shape index (κ1) is 14.7. The number of nitrogens with zero attached hydrogens (tertiary/aromatic N) is 5. The topological polar surface area (TPSA) is 28.2 Å². The highest BCUT2D eigenvalue weighted by Gasteiger charge is 2.27. The highest BCUT2D eigenvalue weighted by Crippen LogP contribution is 2.11. The van der Waals surface area contributed by atoms with Gasteiger partial charge in [-0.3, -0.25) is 0 Å². The molecule has 116 valence electrons. The van der Waals surface area contributed by atoms with Crippen LogP contribution >= 0.6 is 0 Å². The van der Waals surface area contributed by atoms with Gasteiger partial charge in [0, 0.05) is 78.5 Å². The van der Waals surface area contributed by atoms with E-state index in [0.29, 0.717) is 0 Å². The molecule has 3 heterocycles. The summed E-state index contributed by atoms with van der Waals surface area (Å²) in [5.41, 5.74) is 0. The molecule has 0 atom stereocenters. The second-order valence-corrected chi connectivity index (χ2v) is 6.00. The summed E-state index contributed by atoms with van der Waals surface area (Å²) < 4.78 is 0. The summed E-state index contributed by atoms with van der Waals surface area (Å²) in [5.74, 6) is 0. The lowest BCUT2D eigenvalue weighted by Crippen LogP contribution is -2.62. The Hall–Kier alpha value is -0.240. The molecule has 0 aromatic rings. The average molecular weight is 282 g/mol. The summed E-state index contributed by atoms with van der Waals surface area (Å²) in [6.45, 7) is 17.7. The van der Waals surface area contributed by atoms with Crippen LogP contribution in [0.5, 0.6) is 0 Å². The predicted molar refractivity (Wildman–Crippen MR) is 81.3 cm³/mol. The fourth-order valence-electron chi connectivity index (χ4n) is 3.52. The molecule has 3 saturated heterocycles. The second kappa shape index (κ2) is 7.15. The number of nitrogens with one attached hydrogen (secondary N) is 1. The van der Waals surface area contributed by atoms with Crippen molar-refractivity contribution in [2.45, 2.75) is 6.92 Å². The van der Waals surface area contributed by atoms with Gasteiger partial charge in [0.2, 0.25) is 0 Å². The highest BCUT2D eigenvalue weighted by atomic mass is 15.7. The number of piperazine rings is 3. The van der Waals surface area contributed by atoms with E-state index in [4.69, 9.17) is 0 Å². The van der Waals surface area contributed by atoms with E-state index in [2.05, 4.69) is 37.2 Å². The van der Waals surface area contributed by atoms with Gasteiger partial charge in [-0.2, -0.15) is 0 Å². The summed E-state index contributed by atoms with van der Waals surface area (Å²) in [6.07, 6.45) is 0. The fraction of sp³-hybridized carbons (Fsp3) is 1.00. The van der Waals surface area contributed by atoms with Gasteiger partial charge in [-0.25, -0.2) is 20.0 Å². The Labute approximate surface area is 123 Å². The molecule has 1 N–H and O–H groups in total. The lowest BCUT2D eigenvalue weighted by molar-refractivity contribution is -0.128. The maximum atomic E-state index is 3.43. The maximum absolute atomic E-state index is 3.43. The molecule has 0 amide bonds. The standard InChI is InChI=1S/C14H30N6/c1-2-16-7-9-18(10-8-16)20-13-11-19(12-14-20)17-5-3-15-4-6-17/h15H,2-14H2,1H3. The molecule has 0 aromatic heterocycles. The molecular weight excluding hydrogens is 252 g/mol. The number of rotatable bonds is 3. The molecule has 6 nitrogen and oxygen atoms in total. The lowest BCUT2D eigenvalue weighted by Gasteiger charge is -2.47. The molecule has 0 saturated carbocycles. The minimum Gasteiger partial charge on any atom is -0.314 e. The molecule has 3 fully saturated rings. The van der Waals surface area contributed by atoms with Crippen LogP contribution in [0.25, 0.3) is 0 Å². The van der Waals surface area contributed by atoms with Gasteiger partial charge in [0.05, 0.1) is 0 Å². The zero-order valence-corrected chi connectivity index (χ0v) is 12.9. The maximum Gasteiger partial charge on any atom is 0.0275 e. The van der Waals surface area contributed by atoms with Crippen molar-refractivity contribution in [3.05, 3.63) is 0 Å². The minimum absolute atomic E-state index is 1.14. The van der Waals surface area contributed by atoms with Crippen LogP contribution < -0.4 is 5.32 Å². The van der Waals surface area contributed by atoms with Gasteiger partial charge >= 0.3 is 0 Å². The summed E-state index contributed by atoms with van der Waals surface area (Å²) in [4.78, 5) is 2.55. The average Bonchev–Trinajstić information content (AvgIpc) is 2.56. The molecule has 0 bridgehead atoms. The van der Waals surface area contributed by atoms with Crippen molar-refractivity contribution in [1.82, 2.24) is 30.3 Å². The quantitative estimate of drug-likeness (QED) is 0.712. The lowest BCUT2D eigenvalue weighted by atomic mass is 10.3. The van der Waals surface area contributed by atoms with Gasteiger partial charge in [-0.15, -0.1) is 0 Å². The molecular formula is C14H30N6. The predicted octanol–water partition coefficient (Wildman–Crippen LogP) is -1.02. The van der Waals surface area contributed by atoms with Crippen molar-refractivity contribution < 1.29 is 0 Å². The Morgan fingerprint density at radius 1 is 0.600 bits per heavy atom. The van der Waals surface area contributed by atoms with E-state index in [9.17, 15) is 0 Å². The van der Waals surface area contributed by atoms with E-state index in [1.807, 2.05) is 0 Å². The van der Waals surface area contributed by atoms with Crippen molar-refractivity contribution >= 4 is 0 Å². The molecule has 0 aromatic carbocycles. The van der Waals surface area contributed by atoms with Crippen molar-refractivity contribution in [2.75, 3.05) is 85.1 Å². The Morgan fingerprint density at radius 2 is 1.00 bits per heavy atom. The van der Waals surface area contributed by atoms with Gasteiger partial charge < -0.3 is 10.2 Å². The molecule has 3 aliphatic rings. The van der Waals surface area contributed by atoms with Crippen LogP contribution in [-0.4, -0.2) is 110 Å². The number of hydrazine groups is 2. The van der Waals surface area contributed by atoms with Crippen LogP contribution in [0.2, 0.25) is 0 Å². The Balaban J connectivity index is 1.42. The van der Waals surface area contributed by atoms with Crippen molar-refractivity contribution in [3.8, 4) is 0 Å². The zero-order valence-electron chi connectivity index (χ0n) is 12.9. The van der Waals surface area contributed by atoms with Crippen LogP contribution in [0.1, 0.15) is 6.92 Å². The zero-order chi connectivity index (χ0) is 13.8. The first-order valence-electron chi connectivity index (χ1n) is 8.29. The third-order valence-corrected chi connectivity index (χ3v) is 4.92. The SMILES string of the molecule is CCN1CCN(N2CCN(N3CCNCC3)CC2)CC1. The van der Waals surface area contributed by atoms with E-state index in [1.165, 1.54) is 72.0 Å². The van der Waals surface area contributed by atoms with Crippen LogP contribution in [0.15, 0.2) is 0 Å². The van der Waals surface area contributed by atoms with Gasteiger partial charge in [0.25, 0.3) is 0 Å². The van der Waals surface area contributed by atoms with Gasteiger partial charge in [-0.05, 0) is 6.54 Å². The summed E-state index contributed by atoms with van der Waals surface area (Å²) >= 11 is 0. The molecule has 0 aliphatic carbocycles. The summed E-state index contributed by atoms with van der Waals surface area (Å²) in [6, 6.07) is 0. The van der Waals surface area contributed by atoms with E-state index >= 15 is 0 Å². The van der Waals surface area contributed by atoms with E-state index in [-0.39, 0.29) is 0 Å². The number of hydrogen-bond donors (Lipinski definition) is 1. The Bertz CT molecular complexity index is 277. The summed E-state index contributed by atoms with van der Waals surface area (Å²) in [5, 5.41) is 13.7. The number of likely N-dealkylation sites (N-methyl/N-ethyl adjacent to an activating group) is 1. The third-order valence-electron chi connectivity index (χ3n) is 4.92. The van der Waals surface area contributed by atoms with Crippen LogP contribution in [0.3, 0.4) is 0 Å². The largest absolute Gasteiger partial charge is 0.314 e. The van der Waals surface area contributed by atoms with Gasteiger partial charge in [0.15, 0.2) is 0 Å². The molecule has 3 rings (SSSR count). The fourth-order valence-corrected chi connectivity index (χ4v) is 3.52.